The van der Waals surface area contributed by atoms with Gasteiger partial charge in [0.05, 0.1) is 11.6 Å². The van der Waals surface area contributed by atoms with E-state index >= 15 is 0 Å². The first-order chi connectivity index (χ1) is 7.63. The Morgan fingerprint density at radius 2 is 1.94 bits per heavy atom. The molecule has 0 bridgehead atoms. The number of rotatable bonds is 2. The van der Waals surface area contributed by atoms with Gasteiger partial charge in [-0.05, 0) is 18.2 Å². The van der Waals surface area contributed by atoms with Crippen LogP contribution in [0.4, 0.5) is 13.2 Å². The van der Waals surface area contributed by atoms with Gasteiger partial charge in [0.2, 0.25) is 0 Å². The average molecular weight is 286 g/mol. The first-order valence-corrected chi connectivity index (χ1v) is 6.19. The van der Waals surface area contributed by atoms with Crippen LogP contribution in [0.1, 0.15) is 5.56 Å². The number of halogens is 4. The Labute approximate surface area is 98.6 Å². The second-order valence-electron chi connectivity index (χ2n) is 2.76. The third-order valence-electron chi connectivity index (χ3n) is 1.56. The predicted molar refractivity (Wildman–Crippen MR) is 50.9 cm³/mol. The number of benzene rings is 1. The number of nitriles is 1. The molecule has 9 heteroatoms. The molecule has 1 rings (SSSR count). The van der Waals surface area contributed by atoms with Crippen LogP contribution in [0.15, 0.2) is 23.1 Å². The van der Waals surface area contributed by atoms with Crippen molar-refractivity contribution >= 4 is 19.7 Å². The molecule has 0 aliphatic carbocycles. The maximum Gasteiger partial charge on any atom is 0.573 e. The fourth-order valence-electron chi connectivity index (χ4n) is 0.983. The Hall–Kier alpha value is -1.46. The van der Waals surface area contributed by atoms with Crippen molar-refractivity contribution < 1.29 is 26.3 Å². The zero-order valence-corrected chi connectivity index (χ0v) is 9.40. The van der Waals surface area contributed by atoms with Crippen LogP contribution in [0, 0.1) is 11.3 Å². The van der Waals surface area contributed by atoms with E-state index in [2.05, 4.69) is 4.74 Å². The lowest BCUT2D eigenvalue weighted by molar-refractivity contribution is -0.275. The van der Waals surface area contributed by atoms with Crippen LogP contribution < -0.4 is 4.74 Å². The molecule has 1 aromatic carbocycles. The first kappa shape index (κ1) is 13.6. The molecule has 0 saturated heterocycles. The summed E-state index contributed by atoms with van der Waals surface area (Å²) in [6.45, 7) is 0. The van der Waals surface area contributed by atoms with Crippen molar-refractivity contribution in [2.45, 2.75) is 11.3 Å². The van der Waals surface area contributed by atoms with Gasteiger partial charge < -0.3 is 4.74 Å². The standard InChI is InChI=1S/C8H3ClF3NO3S/c9-17(14,15)7-2-1-5(4-13)3-6(7)16-8(10,11)12/h1-3H. The highest BCUT2D eigenvalue weighted by atomic mass is 35.7. The molecule has 0 aliphatic rings. The van der Waals surface area contributed by atoms with Crippen LogP contribution in [0.25, 0.3) is 0 Å². The lowest BCUT2D eigenvalue weighted by Gasteiger charge is -2.11. The normalized spacial score (nSPS) is 11.9. The molecule has 0 heterocycles. The molecule has 17 heavy (non-hydrogen) atoms. The molecule has 0 saturated carbocycles. The third kappa shape index (κ3) is 3.80. The van der Waals surface area contributed by atoms with Crippen LogP contribution in [-0.4, -0.2) is 14.8 Å². The predicted octanol–water partition coefficient (Wildman–Crippen LogP) is 2.38. The SMILES string of the molecule is N#Cc1ccc(S(=O)(=O)Cl)c(OC(F)(F)F)c1. The molecule has 0 aromatic heterocycles. The molecule has 0 atom stereocenters. The van der Waals surface area contributed by atoms with Gasteiger partial charge in [-0.25, -0.2) is 8.42 Å². The maximum atomic E-state index is 12.0. The minimum Gasteiger partial charge on any atom is -0.404 e. The molecule has 4 nitrogen and oxygen atoms in total. The Balaban J connectivity index is 3.38. The second-order valence-corrected chi connectivity index (χ2v) is 5.29. The second kappa shape index (κ2) is 4.43. The van der Waals surface area contributed by atoms with Crippen molar-refractivity contribution in [1.82, 2.24) is 0 Å². The van der Waals surface area contributed by atoms with E-state index in [-0.39, 0.29) is 5.56 Å². The third-order valence-corrected chi connectivity index (χ3v) is 2.92. The number of hydrogen-bond donors (Lipinski definition) is 0. The lowest BCUT2D eigenvalue weighted by Crippen LogP contribution is -2.18. The number of nitrogens with zero attached hydrogens (tertiary/aromatic N) is 1. The van der Waals surface area contributed by atoms with Crippen LogP contribution in [-0.2, 0) is 9.05 Å². The van der Waals surface area contributed by atoms with Gasteiger partial charge >= 0.3 is 6.36 Å². The Morgan fingerprint density at radius 1 is 1.35 bits per heavy atom. The van der Waals surface area contributed by atoms with Gasteiger partial charge in [-0.15, -0.1) is 13.2 Å². The van der Waals surface area contributed by atoms with Crippen LogP contribution in [0.3, 0.4) is 0 Å². The fraction of sp³-hybridized carbons (Fsp3) is 0.125. The van der Waals surface area contributed by atoms with Crippen molar-refractivity contribution in [3.05, 3.63) is 23.8 Å². The molecule has 0 spiro atoms. The summed E-state index contributed by atoms with van der Waals surface area (Å²) >= 11 is 0. The summed E-state index contributed by atoms with van der Waals surface area (Å²) in [5.74, 6) is -1.04. The highest BCUT2D eigenvalue weighted by molar-refractivity contribution is 8.13. The highest BCUT2D eigenvalue weighted by Crippen LogP contribution is 2.32. The topological polar surface area (TPSA) is 67.2 Å². The van der Waals surface area contributed by atoms with Gasteiger partial charge in [0, 0.05) is 10.7 Å². The van der Waals surface area contributed by atoms with E-state index in [1.807, 2.05) is 0 Å². The van der Waals surface area contributed by atoms with Crippen LogP contribution in [0.5, 0.6) is 5.75 Å². The minimum absolute atomic E-state index is 0.187. The smallest absolute Gasteiger partial charge is 0.404 e. The molecular formula is C8H3ClF3NO3S. The van der Waals surface area contributed by atoms with E-state index in [4.69, 9.17) is 15.9 Å². The first-order valence-electron chi connectivity index (χ1n) is 3.88. The van der Waals surface area contributed by atoms with E-state index in [0.717, 1.165) is 12.1 Å². The van der Waals surface area contributed by atoms with Crippen molar-refractivity contribution in [2.24, 2.45) is 0 Å². The van der Waals surface area contributed by atoms with Gasteiger partial charge in [-0.1, -0.05) is 0 Å². The molecule has 0 amide bonds. The zero-order chi connectivity index (χ0) is 13.3. The van der Waals surface area contributed by atoms with E-state index in [0.29, 0.717) is 6.07 Å². The van der Waals surface area contributed by atoms with E-state index in [1.165, 1.54) is 0 Å². The number of hydrogen-bond acceptors (Lipinski definition) is 4. The molecule has 0 unspecified atom stereocenters. The molecule has 1 aromatic rings. The number of ether oxygens (including phenoxy) is 1. The van der Waals surface area contributed by atoms with E-state index < -0.39 is 26.1 Å². The van der Waals surface area contributed by atoms with Crippen LogP contribution >= 0.6 is 10.7 Å². The average Bonchev–Trinajstić information content (AvgIpc) is 2.13. The van der Waals surface area contributed by atoms with Crippen LogP contribution in [0.2, 0.25) is 0 Å². The Kier molecular flexibility index (Phi) is 3.54. The molecule has 92 valence electrons. The molecular weight excluding hydrogens is 283 g/mol. The monoisotopic (exact) mass is 285 g/mol. The lowest BCUT2D eigenvalue weighted by atomic mass is 10.2. The van der Waals surface area contributed by atoms with Crippen molar-refractivity contribution in [3.63, 3.8) is 0 Å². The van der Waals surface area contributed by atoms with Crippen molar-refractivity contribution in [2.75, 3.05) is 0 Å². The summed E-state index contributed by atoms with van der Waals surface area (Å²) in [7, 11) is 0.537. The Morgan fingerprint density at radius 3 is 2.35 bits per heavy atom. The molecule has 0 radical (unpaired) electrons. The van der Waals surface area contributed by atoms with Gasteiger partial charge in [-0.3, -0.25) is 0 Å². The summed E-state index contributed by atoms with van der Waals surface area (Å²) in [6, 6.07) is 3.97. The maximum absolute atomic E-state index is 12.0. The number of alkyl halides is 3. The summed E-state index contributed by atoms with van der Waals surface area (Å²) in [6.07, 6.45) is -5.08. The Bertz CT molecular complexity index is 577. The zero-order valence-electron chi connectivity index (χ0n) is 7.82. The van der Waals surface area contributed by atoms with Gasteiger partial charge in [0.1, 0.15) is 4.90 Å². The summed E-state index contributed by atoms with van der Waals surface area (Å²) in [4.78, 5) is -0.851. The molecule has 0 N–H and O–H groups in total. The molecule has 0 aliphatic heterocycles. The van der Waals surface area contributed by atoms with Crippen molar-refractivity contribution in [1.29, 1.82) is 5.26 Å². The van der Waals surface area contributed by atoms with Gasteiger partial charge in [0.15, 0.2) is 5.75 Å². The quantitative estimate of drug-likeness (QED) is 0.783. The van der Waals surface area contributed by atoms with E-state index in [9.17, 15) is 21.6 Å². The fourth-order valence-corrected chi connectivity index (χ4v) is 1.94. The summed E-state index contributed by atoms with van der Waals surface area (Å²) in [5.41, 5.74) is -0.187. The minimum atomic E-state index is -5.08. The summed E-state index contributed by atoms with van der Waals surface area (Å²) < 4.78 is 61.4. The summed E-state index contributed by atoms with van der Waals surface area (Å²) in [5, 5.41) is 8.48. The highest BCUT2D eigenvalue weighted by Gasteiger charge is 2.34. The van der Waals surface area contributed by atoms with Crippen molar-refractivity contribution in [3.8, 4) is 11.8 Å². The van der Waals surface area contributed by atoms with E-state index in [1.54, 1.807) is 6.07 Å². The largest absolute Gasteiger partial charge is 0.573 e. The van der Waals surface area contributed by atoms with Gasteiger partial charge in [-0.2, -0.15) is 5.26 Å². The molecule has 0 fully saturated rings. The van der Waals surface area contributed by atoms with Gasteiger partial charge in [0.25, 0.3) is 9.05 Å².